The molecule has 0 aromatic carbocycles. The molecule has 0 atom stereocenters. The SMILES string of the molecule is C=CCCOCCNC(=O)C=C. The lowest BCUT2D eigenvalue weighted by molar-refractivity contribution is -0.116. The maximum absolute atomic E-state index is 10.6. The summed E-state index contributed by atoms with van der Waals surface area (Å²) in [4.78, 5) is 10.6. The lowest BCUT2D eigenvalue weighted by atomic mass is 10.4. The zero-order valence-corrected chi connectivity index (χ0v) is 7.21. The number of hydrogen-bond donors (Lipinski definition) is 1. The van der Waals surface area contributed by atoms with Gasteiger partial charge in [-0.1, -0.05) is 12.7 Å². The molecule has 0 spiro atoms. The molecule has 68 valence electrons. The highest BCUT2D eigenvalue weighted by Gasteiger charge is 1.91. The molecule has 0 saturated heterocycles. The van der Waals surface area contributed by atoms with Crippen LogP contribution in [0.3, 0.4) is 0 Å². The molecule has 1 amide bonds. The second kappa shape index (κ2) is 8.01. The van der Waals surface area contributed by atoms with Crippen molar-refractivity contribution >= 4 is 5.91 Å². The van der Waals surface area contributed by atoms with Crippen molar-refractivity contribution in [2.45, 2.75) is 6.42 Å². The third-order valence-corrected chi connectivity index (χ3v) is 1.20. The van der Waals surface area contributed by atoms with Crippen molar-refractivity contribution in [2.75, 3.05) is 19.8 Å². The number of carbonyl (C=O) groups is 1. The summed E-state index contributed by atoms with van der Waals surface area (Å²) < 4.78 is 5.15. The standard InChI is InChI=1S/C9H15NO2/c1-3-5-7-12-8-6-10-9(11)4-2/h3-4H,1-2,5-8H2,(H,10,11). The van der Waals surface area contributed by atoms with Crippen LogP contribution in [0.1, 0.15) is 6.42 Å². The Labute approximate surface area is 73.1 Å². The molecular formula is C9H15NO2. The number of rotatable bonds is 7. The number of ether oxygens (including phenoxy) is 1. The third kappa shape index (κ3) is 7.02. The fourth-order valence-corrected chi connectivity index (χ4v) is 0.587. The maximum atomic E-state index is 10.6. The first-order valence-electron chi connectivity index (χ1n) is 3.90. The number of nitrogens with one attached hydrogen (secondary N) is 1. The second-order valence-electron chi connectivity index (χ2n) is 2.18. The predicted molar refractivity (Wildman–Crippen MR) is 48.8 cm³/mol. The molecule has 0 rings (SSSR count). The highest BCUT2D eigenvalue weighted by Crippen LogP contribution is 1.81. The van der Waals surface area contributed by atoms with Gasteiger partial charge in [0.1, 0.15) is 0 Å². The normalized spacial score (nSPS) is 9.00. The van der Waals surface area contributed by atoms with Crippen molar-refractivity contribution in [2.24, 2.45) is 0 Å². The topological polar surface area (TPSA) is 38.3 Å². The summed E-state index contributed by atoms with van der Waals surface area (Å²) in [5, 5.41) is 2.60. The molecule has 0 aliphatic rings. The highest BCUT2D eigenvalue weighted by molar-refractivity contribution is 5.86. The zero-order chi connectivity index (χ0) is 9.23. The second-order valence-corrected chi connectivity index (χ2v) is 2.18. The summed E-state index contributed by atoms with van der Waals surface area (Å²) >= 11 is 0. The van der Waals surface area contributed by atoms with Crippen LogP contribution >= 0.6 is 0 Å². The molecule has 0 bridgehead atoms. The minimum absolute atomic E-state index is 0.165. The van der Waals surface area contributed by atoms with Gasteiger partial charge in [0.2, 0.25) is 5.91 Å². The van der Waals surface area contributed by atoms with Crippen LogP contribution in [0, 0.1) is 0 Å². The first-order valence-corrected chi connectivity index (χ1v) is 3.90. The minimum Gasteiger partial charge on any atom is -0.379 e. The van der Waals surface area contributed by atoms with Crippen LogP contribution in [0.15, 0.2) is 25.3 Å². The lowest BCUT2D eigenvalue weighted by Crippen LogP contribution is -2.25. The van der Waals surface area contributed by atoms with Gasteiger partial charge in [0.05, 0.1) is 13.2 Å². The Morgan fingerprint density at radius 2 is 2.17 bits per heavy atom. The Morgan fingerprint density at radius 3 is 2.75 bits per heavy atom. The Hall–Kier alpha value is -1.09. The van der Waals surface area contributed by atoms with E-state index in [0.29, 0.717) is 19.8 Å². The van der Waals surface area contributed by atoms with Gasteiger partial charge in [-0.3, -0.25) is 4.79 Å². The summed E-state index contributed by atoms with van der Waals surface area (Å²) in [7, 11) is 0. The lowest BCUT2D eigenvalue weighted by Gasteiger charge is -2.02. The number of hydrogen-bond acceptors (Lipinski definition) is 2. The summed E-state index contributed by atoms with van der Waals surface area (Å²) in [5.41, 5.74) is 0. The van der Waals surface area contributed by atoms with Crippen LogP contribution in [0.4, 0.5) is 0 Å². The molecule has 0 saturated carbocycles. The molecular weight excluding hydrogens is 154 g/mol. The number of amides is 1. The summed E-state index contributed by atoms with van der Waals surface area (Å²) in [6.45, 7) is 8.60. The van der Waals surface area contributed by atoms with Gasteiger partial charge >= 0.3 is 0 Å². The molecule has 3 heteroatoms. The molecule has 0 aromatic heterocycles. The largest absolute Gasteiger partial charge is 0.379 e. The predicted octanol–water partition coefficient (Wildman–Crippen LogP) is 0.881. The van der Waals surface area contributed by atoms with E-state index in [1.165, 1.54) is 6.08 Å². The van der Waals surface area contributed by atoms with Crippen LogP contribution in [-0.2, 0) is 9.53 Å². The third-order valence-electron chi connectivity index (χ3n) is 1.20. The summed E-state index contributed by atoms with van der Waals surface area (Å²) in [6, 6.07) is 0. The monoisotopic (exact) mass is 169 g/mol. The first kappa shape index (κ1) is 10.9. The van der Waals surface area contributed by atoms with Gasteiger partial charge in [-0.2, -0.15) is 0 Å². The number of carbonyl (C=O) groups excluding carboxylic acids is 1. The van der Waals surface area contributed by atoms with Crippen LogP contribution in [0.2, 0.25) is 0 Å². The molecule has 0 aliphatic heterocycles. The molecule has 0 aromatic rings. The fourth-order valence-electron chi connectivity index (χ4n) is 0.587. The average Bonchev–Trinajstić information content (AvgIpc) is 2.10. The molecule has 0 unspecified atom stereocenters. The van der Waals surface area contributed by atoms with Crippen molar-refractivity contribution in [3.8, 4) is 0 Å². The molecule has 3 nitrogen and oxygen atoms in total. The van der Waals surface area contributed by atoms with E-state index in [2.05, 4.69) is 18.5 Å². The van der Waals surface area contributed by atoms with E-state index in [0.717, 1.165) is 6.42 Å². The Bertz CT molecular complexity index is 155. The van der Waals surface area contributed by atoms with Crippen molar-refractivity contribution in [1.82, 2.24) is 5.32 Å². The van der Waals surface area contributed by atoms with Gasteiger partial charge in [0.15, 0.2) is 0 Å². The smallest absolute Gasteiger partial charge is 0.243 e. The molecule has 12 heavy (non-hydrogen) atoms. The van der Waals surface area contributed by atoms with E-state index >= 15 is 0 Å². The van der Waals surface area contributed by atoms with E-state index in [1.807, 2.05) is 0 Å². The van der Waals surface area contributed by atoms with Gasteiger partial charge in [-0.05, 0) is 12.5 Å². The van der Waals surface area contributed by atoms with Crippen molar-refractivity contribution in [3.63, 3.8) is 0 Å². The molecule has 0 aliphatic carbocycles. The van der Waals surface area contributed by atoms with Gasteiger partial charge in [-0.15, -0.1) is 6.58 Å². The quantitative estimate of drug-likeness (QED) is 0.349. The maximum Gasteiger partial charge on any atom is 0.243 e. The molecule has 0 radical (unpaired) electrons. The van der Waals surface area contributed by atoms with Crippen LogP contribution in [-0.4, -0.2) is 25.7 Å². The van der Waals surface area contributed by atoms with Crippen molar-refractivity contribution in [1.29, 1.82) is 0 Å². The van der Waals surface area contributed by atoms with E-state index in [1.54, 1.807) is 6.08 Å². The van der Waals surface area contributed by atoms with Crippen LogP contribution in [0.5, 0.6) is 0 Å². The highest BCUT2D eigenvalue weighted by atomic mass is 16.5. The molecule has 1 N–H and O–H groups in total. The minimum atomic E-state index is -0.165. The fraction of sp³-hybridized carbons (Fsp3) is 0.444. The summed E-state index contributed by atoms with van der Waals surface area (Å²) in [5.74, 6) is -0.165. The zero-order valence-electron chi connectivity index (χ0n) is 7.21. The van der Waals surface area contributed by atoms with Crippen LogP contribution < -0.4 is 5.32 Å². The van der Waals surface area contributed by atoms with E-state index in [9.17, 15) is 4.79 Å². The Morgan fingerprint density at radius 1 is 1.42 bits per heavy atom. The van der Waals surface area contributed by atoms with Gasteiger partial charge in [0, 0.05) is 6.54 Å². The van der Waals surface area contributed by atoms with Crippen molar-refractivity contribution in [3.05, 3.63) is 25.3 Å². The summed E-state index contributed by atoms with van der Waals surface area (Å²) in [6.07, 6.45) is 3.88. The first-order chi connectivity index (χ1) is 5.81. The van der Waals surface area contributed by atoms with Gasteiger partial charge in [0.25, 0.3) is 0 Å². The van der Waals surface area contributed by atoms with Gasteiger partial charge < -0.3 is 10.1 Å². The Kier molecular flexibility index (Phi) is 7.28. The van der Waals surface area contributed by atoms with Crippen LogP contribution in [0.25, 0.3) is 0 Å². The van der Waals surface area contributed by atoms with Crippen molar-refractivity contribution < 1.29 is 9.53 Å². The van der Waals surface area contributed by atoms with Gasteiger partial charge in [-0.25, -0.2) is 0 Å². The molecule has 0 heterocycles. The molecule has 0 fully saturated rings. The Balaban J connectivity index is 3.05. The average molecular weight is 169 g/mol. The van der Waals surface area contributed by atoms with E-state index < -0.39 is 0 Å². The van der Waals surface area contributed by atoms with E-state index in [4.69, 9.17) is 4.74 Å². The van der Waals surface area contributed by atoms with E-state index in [-0.39, 0.29) is 5.91 Å².